The standard InChI is InChI=1S/C18H23FN4O3/c1-2-23-15(24)11-14(16(23)25)22-9-7-18(8-10-22,17(20)26)21-13-5-3-12(19)4-6-13/h3-6,14,21H,2,7-11H2,1H3,(H2,20,26). The van der Waals surface area contributed by atoms with Crippen LogP contribution in [0, 0.1) is 5.82 Å². The lowest BCUT2D eigenvalue weighted by atomic mass is 9.85. The Kier molecular flexibility index (Phi) is 4.95. The summed E-state index contributed by atoms with van der Waals surface area (Å²) in [6.07, 6.45) is 0.995. The fourth-order valence-electron chi connectivity index (χ4n) is 3.74. The molecule has 2 heterocycles. The number of nitrogens with one attached hydrogen (secondary N) is 1. The number of hydrogen-bond donors (Lipinski definition) is 2. The van der Waals surface area contributed by atoms with Crippen molar-refractivity contribution in [2.75, 3.05) is 25.0 Å². The molecule has 3 amide bonds. The molecule has 3 rings (SSSR count). The van der Waals surface area contributed by atoms with Gasteiger partial charge in [0.05, 0.1) is 12.5 Å². The van der Waals surface area contributed by atoms with Crippen molar-refractivity contribution in [1.82, 2.24) is 9.80 Å². The normalized spacial score (nSPS) is 23.3. The number of nitrogens with zero attached hydrogens (tertiary/aromatic N) is 2. The zero-order valence-electron chi connectivity index (χ0n) is 14.7. The molecule has 26 heavy (non-hydrogen) atoms. The van der Waals surface area contributed by atoms with Crippen LogP contribution in [0.3, 0.4) is 0 Å². The number of piperidine rings is 1. The number of primary amides is 1. The summed E-state index contributed by atoms with van der Waals surface area (Å²) in [5.74, 6) is -1.16. The molecule has 0 aliphatic carbocycles. The van der Waals surface area contributed by atoms with Crippen molar-refractivity contribution in [3.8, 4) is 0 Å². The largest absolute Gasteiger partial charge is 0.371 e. The predicted octanol–water partition coefficient (Wildman–Crippen LogP) is 0.705. The number of imide groups is 1. The van der Waals surface area contributed by atoms with Crippen molar-refractivity contribution in [2.24, 2.45) is 5.73 Å². The van der Waals surface area contributed by atoms with Gasteiger partial charge < -0.3 is 11.1 Å². The average molecular weight is 362 g/mol. The lowest BCUT2D eigenvalue weighted by Gasteiger charge is -2.42. The number of benzene rings is 1. The van der Waals surface area contributed by atoms with Crippen LogP contribution in [0.5, 0.6) is 0 Å². The number of nitrogens with two attached hydrogens (primary N) is 1. The first kappa shape index (κ1) is 18.3. The van der Waals surface area contributed by atoms with Gasteiger partial charge in [0.15, 0.2) is 0 Å². The molecule has 140 valence electrons. The average Bonchev–Trinajstić information content (AvgIpc) is 2.91. The van der Waals surface area contributed by atoms with Gasteiger partial charge >= 0.3 is 0 Å². The van der Waals surface area contributed by atoms with Crippen LogP contribution in [-0.4, -0.2) is 58.7 Å². The van der Waals surface area contributed by atoms with Crippen molar-refractivity contribution >= 4 is 23.4 Å². The Labute approximate surface area is 151 Å². The number of hydrogen-bond acceptors (Lipinski definition) is 5. The summed E-state index contributed by atoms with van der Waals surface area (Å²) in [5, 5.41) is 3.14. The van der Waals surface area contributed by atoms with Crippen LogP contribution in [-0.2, 0) is 14.4 Å². The van der Waals surface area contributed by atoms with E-state index in [1.807, 2.05) is 4.90 Å². The summed E-state index contributed by atoms with van der Waals surface area (Å²) < 4.78 is 13.1. The highest BCUT2D eigenvalue weighted by molar-refractivity contribution is 6.05. The third-order valence-electron chi connectivity index (χ3n) is 5.33. The van der Waals surface area contributed by atoms with Crippen LogP contribution in [0.25, 0.3) is 0 Å². The summed E-state index contributed by atoms with van der Waals surface area (Å²) in [6.45, 7) is 3.09. The van der Waals surface area contributed by atoms with Crippen molar-refractivity contribution in [2.45, 2.75) is 37.8 Å². The van der Waals surface area contributed by atoms with E-state index in [-0.39, 0.29) is 24.1 Å². The molecular weight excluding hydrogens is 339 g/mol. The van der Waals surface area contributed by atoms with E-state index >= 15 is 0 Å². The van der Waals surface area contributed by atoms with Gasteiger partial charge in [-0.2, -0.15) is 0 Å². The Morgan fingerprint density at radius 3 is 2.38 bits per heavy atom. The third kappa shape index (κ3) is 3.29. The summed E-state index contributed by atoms with van der Waals surface area (Å²) >= 11 is 0. The van der Waals surface area contributed by atoms with Gasteiger partial charge in [-0.3, -0.25) is 24.2 Å². The molecule has 1 aromatic carbocycles. The molecule has 1 aromatic rings. The van der Waals surface area contributed by atoms with Crippen molar-refractivity contribution < 1.29 is 18.8 Å². The van der Waals surface area contributed by atoms with Crippen molar-refractivity contribution in [3.05, 3.63) is 30.1 Å². The highest BCUT2D eigenvalue weighted by atomic mass is 19.1. The third-order valence-corrected chi connectivity index (χ3v) is 5.33. The summed E-state index contributed by atoms with van der Waals surface area (Å²) in [4.78, 5) is 39.7. The minimum atomic E-state index is -0.954. The quantitative estimate of drug-likeness (QED) is 0.752. The first-order valence-electron chi connectivity index (χ1n) is 8.78. The van der Waals surface area contributed by atoms with E-state index in [0.29, 0.717) is 38.2 Å². The molecule has 0 spiro atoms. The van der Waals surface area contributed by atoms with Gasteiger partial charge in [-0.25, -0.2) is 4.39 Å². The first-order valence-corrected chi connectivity index (χ1v) is 8.78. The molecule has 7 nitrogen and oxygen atoms in total. The van der Waals surface area contributed by atoms with E-state index in [9.17, 15) is 18.8 Å². The van der Waals surface area contributed by atoms with Crippen LogP contribution in [0.1, 0.15) is 26.2 Å². The maximum atomic E-state index is 13.1. The van der Waals surface area contributed by atoms with Gasteiger partial charge in [0.1, 0.15) is 11.4 Å². The number of carbonyl (C=O) groups is 3. The summed E-state index contributed by atoms with van der Waals surface area (Å²) in [6, 6.07) is 5.29. The fraction of sp³-hybridized carbons (Fsp3) is 0.500. The molecule has 1 atom stereocenters. The van der Waals surface area contributed by atoms with Gasteiger partial charge in [0, 0.05) is 25.3 Å². The lowest BCUT2D eigenvalue weighted by Crippen LogP contribution is -2.59. The Bertz CT molecular complexity index is 714. The Morgan fingerprint density at radius 1 is 1.27 bits per heavy atom. The Balaban J connectivity index is 1.70. The van der Waals surface area contributed by atoms with Crippen LogP contribution in [0.2, 0.25) is 0 Å². The Hall–Kier alpha value is -2.48. The second-order valence-corrected chi connectivity index (χ2v) is 6.81. The van der Waals surface area contributed by atoms with E-state index in [1.165, 1.54) is 17.0 Å². The maximum absolute atomic E-state index is 13.1. The van der Waals surface area contributed by atoms with Gasteiger partial charge in [-0.1, -0.05) is 0 Å². The molecule has 3 N–H and O–H groups in total. The molecule has 0 aromatic heterocycles. The molecule has 2 fully saturated rings. The Morgan fingerprint density at radius 2 is 1.88 bits per heavy atom. The molecule has 2 aliphatic heterocycles. The van der Waals surface area contributed by atoms with Gasteiger partial charge in [-0.15, -0.1) is 0 Å². The maximum Gasteiger partial charge on any atom is 0.247 e. The second-order valence-electron chi connectivity index (χ2n) is 6.81. The molecule has 2 saturated heterocycles. The fourth-order valence-corrected chi connectivity index (χ4v) is 3.74. The second kappa shape index (κ2) is 7.03. The predicted molar refractivity (Wildman–Crippen MR) is 93.6 cm³/mol. The summed E-state index contributed by atoms with van der Waals surface area (Å²) in [7, 11) is 0. The first-order chi connectivity index (χ1) is 12.4. The highest BCUT2D eigenvalue weighted by Crippen LogP contribution is 2.30. The zero-order chi connectivity index (χ0) is 18.9. The minimum Gasteiger partial charge on any atom is -0.371 e. The van der Waals surface area contributed by atoms with Crippen LogP contribution in [0.15, 0.2) is 24.3 Å². The zero-order valence-corrected chi connectivity index (χ0v) is 14.7. The van der Waals surface area contributed by atoms with E-state index in [1.54, 1.807) is 19.1 Å². The number of anilines is 1. The summed E-state index contributed by atoms with van der Waals surface area (Å²) in [5.41, 5.74) is 5.31. The molecule has 1 unspecified atom stereocenters. The van der Waals surface area contributed by atoms with Gasteiger partial charge in [-0.05, 0) is 44.0 Å². The van der Waals surface area contributed by atoms with Crippen molar-refractivity contribution in [3.63, 3.8) is 0 Å². The highest BCUT2D eigenvalue weighted by Gasteiger charge is 2.46. The number of rotatable bonds is 5. The van der Waals surface area contributed by atoms with E-state index < -0.39 is 17.5 Å². The smallest absolute Gasteiger partial charge is 0.247 e. The van der Waals surface area contributed by atoms with Gasteiger partial charge in [0.2, 0.25) is 17.7 Å². The molecule has 0 radical (unpaired) electrons. The lowest BCUT2D eigenvalue weighted by molar-refractivity contribution is -0.139. The molecular formula is C18H23FN4O3. The number of likely N-dealkylation sites (tertiary alicyclic amines) is 2. The molecule has 8 heteroatoms. The van der Waals surface area contributed by atoms with Crippen LogP contribution in [0.4, 0.5) is 10.1 Å². The minimum absolute atomic E-state index is 0.154. The number of amides is 3. The van der Waals surface area contributed by atoms with Gasteiger partial charge in [0.25, 0.3) is 0 Å². The molecule has 0 bridgehead atoms. The van der Waals surface area contributed by atoms with Crippen LogP contribution >= 0.6 is 0 Å². The van der Waals surface area contributed by atoms with Crippen LogP contribution < -0.4 is 11.1 Å². The molecule has 2 aliphatic rings. The SMILES string of the molecule is CCN1C(=O)CC(N2CCC(Nc3ccc(F)cc3)(C(N)=O)CC2)C1=O. The number of halogens is 1. The molecule has 0 saturated carbocycles. The number of carbonyl (C=O) groups excluding carboxylic acids is 3. The van der Waals surface area contributed by atoms with E-state index in [4.69, 9.17) is 5.73 Å². The number of likely N-dealkylation sites (N-methyl/N-ethyl adjacent to an activating group) is 1. The van der Waals surface area contributed by atoms with E-state index in [2.05, 4.69) is 5.32 Å². The monoisotopic (exact) mass is 362 g/mol. The van der Waals surface area contributed by atoms with E-state index in [0.717, 1.165) is 0 Å². The van der Waals surface area contributed by atoms with Crippen molar-refractivity contribution in [1.29, 1.82) is 0 Å². The topological polar surface area (TPSA) is 95.7 Å².